The number of halogens is 2. The lowest BCUT2D eigenvalue weighted by Gasteiger charge is -2.33. The summed E-state index contributed by atoms with van der Waals surface area (Å²) in [6, 6.07) is 19.6. The number of hydrogen-bond acceptors (Lipinski definition) is 2. The van der Waals surface area contributed by atoms with Crippen molar-refractivity contribution in [2.24, 2.45) is 5.92 Å². The van der Waals surface area contributed by atoms with Crippen molar-refractivity contribution < 1.29 is 0 Å². The first-order chi connectivity index (χ1) is 14.5. The summed E-state index contributed by atoms with van der Waals surface area (Å²) in [6.45, 7) is 6.69. The van der Waals surface area contributed by atoms with Crippen LogP contribution in [0, 0.1) is 17.2 Å². The van der Waals surface area contributed by atoms with E-state index in [9.17, 15) is 5.26 Å². The molecule has 2 nitrogen and oxygen atoms in total. The molecule has 2 aromatic rings. The molecule has 1 fully saturated rings. The predicted octanol–water partition coefficient (Wildman–Crippen LogP) is 7.29. The monoisotopic (exact) mass is 442 g/mol. The Morgan fingerprint density at radius 1 is 1.10 bits per heavy atom. The summed E-state index contributed by atoms with van der Waals surface area (Å²) in [5.74, 6) is 0.427. The third-order valence-electron chi connectivity index (χ3n) is 6.53. The maximum absolute atomic E-state index is 10.3. The van der Waals surface area contributed by atoms with Gasteiger partial charge in [0, 0.05) is 12.6 Å². The van der Waals surface area contributed by atoms with Crippen LogP contribution in [0.2, 0.25) is 10.0 Å². The second kappa shape index (κ2) is 10.7. The van der Waals surface area contributed by atoms with Crippen molar-refractivity contribution in [2.75, 3.05) is 13.1 Å². The van der Waals surface area contributed by atoms with E-state index >= 15 is 0 Å². The van der Waals surface area contributed by atoms with E-state index in [1.807, 2.05) is 18.2 Å². The highest BCUT2D eigenvalue weighted by atomic mass is 35.5. The molecule has 4 heteroatoms. The van der Waals surface area contributed by atoms with Gasteiger partial charge in [0.05, 0.1) is 21.5 Å². The molecular weight excluding hydrogens is 411 g/mol. The van der Waals surface area contributed by atoms with E-state index in [0.717, 1.165) is 57.2 Å². The second-order valence-corrected chi connectivity index (χ2v) is 9.46. The van der Waals surface area contributed by atoms with Crippen molar-refractivity contribution in [2.45, 2.75) is 63.8 Å². The lowest BCUT2D eigenvalue weighted by atomic mass is 9.73. The van der Waals surface area contributed by atoms with Crippen LogP contribution >= 0.6 is 23.2 Å². The molecule has 0 bridgehead atoms. The first-order valence-electron chi connectivity index (χ1n) is 11.1. The number of rotatable bonds is 11. The van der Waals surface area contributed by atoms with Gasteiger partial charge in [0.25, 0.3) is 0 Å². The van der Waals surface area contributed by atoms with E-state index < -0.39 is 5.41 Å². The number of hydrogen-bond donors (Lipinski definition) is 0. The average molecular weight is 443 g/mol. The van der Waals surface area contributed by atoms with Crippen molar-refractivity contribution >= 4 is 23.2 Å². The lowest BCUT2D eigenvalue weighted by molar-refractivity contribution is 0.190. The molecule has 2 unspecified atom stereocenters. The maximum Gasteiger partial charge on any atom is 0.0851 e. The van der Waals surface area contributed by atoms with Gasteiger partial charge in [0.2, 0.25) is 0 Å². The molecule has 0 amide bonds. The molecule has 1 aliphatic carbocycles. The van der Waals surface area contributed by atoms with Gasteiger partial charge in [-0.2, -0.15) is 5.26 Å². The molecule has 2 atom stereocenters. The predicted molar refractivity (Wildman–Crippen MR) is 127 cm³/mol. The first kappa shape index (κ1) is 23.1. The van der Waals surface area contributed by atoms with Crippen molar-refractivity contribution in [3.05, 3.63) is 69.7 Å². The van der Waals surface area contributed by atoms with Gasteiger partial charge in [-0.05, 0) is 81.2 Å². The van der Waals surface area contributed by atoms with Crippen molar-refractivity contribution in [1.29, 1.82) is 5.26 Å². The van der Waals surface area contributed by atoms with E-state index in [2.05, 4.69) is 55.1 Å². The molecule has 0 aromatic heterocycles. The SMILES string of the molecule is CCCN(CCc1ccccc1)C(C)CCC(C#N)(c1ccc(Cl)c(Cl)c1)C1CC1. The van der Waals surface area contributed by atoms with Crippen LogP contribution in [0.4, 0.5) is 0 Å². The lowest BCUT2D eigenvalue weighted by Crippen LogP contribution is -2.37. The summed E-state index contributed by atoms with van der Waals surface area (Å²) < 4.78 is 0. The largest absolute Gasteiger partial charge is 0.300 e. The van der Waals surface area contributed by atoms with Gasteiger partial charge in [-0.15, -0.1) is 0 Å². The summed E-state index contributed by atoms with van der Waals surface area (Å²) in [5, 5.41) is 11.4. The Morgan fingerprint density at radius 3 is 2.43 bits per heavy atom. The summed E-state index contributed by atoms with van der Waals surface area (Å²) in [7, 11) is 0. The van der Waals surface area contributed by atoms with Gasteiger partial charge in [-0.1, -0.05) is 66.5 Å². The Bertz CT molecular complexity index is 857. The zero-order valence-corrected chi connectivity index (χ0v) is 19.6. The molecular formula is C26H32Cl2N2. The van der Waals surface area contributed by atoms with Gasteiger partial charge in [-0.3, -0.25) is 0 Å². The van der Waals surface area contributed by atoms with Crippen LogP contribution in [0.15, 0.2) is 48.5 Å². The third kappa shape index (κ3) is 5.58. The van der Waals surface area contributed by atoms with Crippen molar-refractivity contribution in [3.8, 4) is 6.07 Å². The number of nitrogens with zero attached hydrogens (tertiary/aromatic N) is 2. The summed E-state index contributed by atoms with van der Waals surface area (Å²) >= 11 is 12.4. The van der Waals surface area contributed by atoms with Crippen LogP contribution in [0.1, 0.15) is 57.1 Å². The highest BCUT2D eigenvalue weighted by molar-refractivity contribution is 6.42. The van der Waals surface area contributed by atoms with Crippen LogP contribution in [-0.4, -0.2) is 24.0 Å². The molecule has 3 rings (SSSR count). The molecule has 2 aromatic carbocycles. The highest BCUT2D eigenvalue weighted by Crippen LogP contribution is 2.50. The zero-order valence-electron chi connectivity index (χ0n) is 18.1. The zero-order chi connectivity index (χ0) is 21.6. The maximum atomic E-state index is 10.3. The van der Waals surface area contributed by atoms with E-state index in [-0.39, 0.29) is 0 Å². The number of nitriles is 1. The van der Waals surface area contributed by atoms with E-state index in [1.54, 1.807) is 0 Å². The van der Waals surface area contributed by atoms with Crippen LogP contribution in [0.25, 0.3) is 0 Å². The molecule has 30 heavy (non-hydrogen) atoms. The fourth-order valence-electron chi connectivity index (χ4n) is 4.52. The summed E-state index contributed by atoms with van der Waals surface area (Å²) in [4.78, 5) is 2.58. The van der Waals surface area contributed by atoms with Gasteiger partial charge in [-0.25, -0.2) is 0 Å². The van der Waals surface area contributed by atoms with E-state index in [1.165, 1.54) is 5.56 Å². The Balaban J connectivity index is 1.70. The first-order valence-corrected chi connectivity index (χ1v) is 11.9. The third-order valence-corrected chi connectivity index (χ3v) is 7.27. The number of benzene rings is 2. The molecule has 0 spiro atoms. The van der Waals surface area contributed by atoms with Crippen LogP contribution < -0.4 is 0 Å². The molecule has 0 radical (unpaired) electrons. The smallest absolute Gasteiger partial charge is 0.0851 e. The highest BCUT2D eigenvalue weighted by Gasteiger charge is 2.47. The minimum atomic E-state index is -0.459. The Kier molecular flexibility index (Phi) is 8.23. The molecule has 0 N–H and O–H groups in total. The van der Waals surface area contributed by atoms with E-state index in [0.29, 0.717) is 22.0 Å². The molecule has 0 heterocycles. The topological polar surface area (TPSA) is 27.0 Å². The van der Waals surface area contributed by atoms with Crippen LogP contribution in [0.5, 0.6) is 0 Å². The van der Waals surface area contributed by atoms with Crippen molar-refractivity contribution in [1.82, 2.24) is 4.90 Å². The molecule has 0 saturated heterocycles. The fraction of sp³-hybridized carbons (Fsp3) is 0.500. The van der Waals surface area contributed by atoms with Gasteiger partial charge >= 0.3 is 0 Å². The minimum Gasteiger partial charge on any atom is -0.300 e. The Morgan fingerprint density at radius 2 is 1.83 bits per heavy atom. The van der Waals surface area contributed by atoms with Crippen LogP contribution in [0.3, 0.4) is 0 Å². The van der Waals surface area contributed by atoms with Gasteiger partial charge in [0.1, 0.15) is 0 Å². The second-order valence-electron chi connectivity index (χ2n) is 8.65. The molecule has 1 aliphatic rings. The normalized spacial score (nSPS) is 16.8. The fourth-order valence-corrected chi connectivity index (χ4v) is 4.82. The average Bonchev–Trinajstić information content (AvgIpc) is 3.60. The van der Waals surface area contributed by atoms with Gasteiger partial charge < -0.3 is 4.90 Å². The molecule has 160 valence electrons. The van der Waals surface area contributed by atoms with Crippen molar-refractivity contribution in [3.63, 3.8) is 0 Å². The minimum absolute atomic E-state index is 0.427. The Hall–Kier alpha value is -1.53. The standard InChI is InChI=1S/C26H32Cl2N2/c1-3-16-30(17-14-21-7-5-4-6-8-21)20(2)13-15-26(19-29,22-9-10-22)23-11-12-24(27)25(28)18-23/h4-8,11-12,18,20,22H,3,9-10,13-17H2,1-2H3. The quantitative estimate of drug-likeness (QED) is 0.365. The van der Waals surface area contributed by atoms with Crippen LogP contribution in [-0.2, 0) is 11.8 Å². The molecule has 1 saturated carbocycles. The summed E-state index contributed by atoms with van der Waals surface area (Å²) in [6.07, 6.45) is 6.30. The van der Waals surface area contributed by atoms with E-state index in [4.69, 9.17) is 23.2 Å². The molecule has 0 aliphatic heterocycles. The Labute approximate surface area is 191 Å². The van der Waals surface area contributed by atoms with Gasteiger partial charge in [0.15, 0.2) is 0 Å². The summed E-state index contributed by atoms with van der Waals surface area (Å²) in [5.41, 5.74) is 1.95.